The molecular weight excluding hydrogens is 324 g/mol. The summed E-state index contributed by atoms with van der Waals surface area (Å²) in [5.74, 6) is 1.62. The Labute approximate surface area is 157 Å². The minimum Gasteiger partial charge on any atom is -0.338 e. The van der Waals surface area contributed by atoms with Crippen LogP contribution in [-0.2, 0) is 11.3 Å². The third-order valence-electron chi connectivity index (χ3n) is 6.58. The lowest BCUT2D eigenvalue weighted by molar-refractivity contribution is -0.133. The highest BCUT2D eigenvalue weighted by Crippen LogP contribution is 2.33. The molecule has 2 heterocycles. The number of aromatic nitrogens is 2. The number of hydrogen-bond acceptors (Lipinski definition) is 3. The summed E-state index contributed by atoms with van der Waals surface area (Å²) in [5.41, 5.74) is 1.32. The van der Waals surface area contributed by atoms with Gasteiger partial charge in [0.15, 0.2) is 0 Å². The topological polar surface area (TPSA) is 41.4 Å². The first-order valence-corrected chi connectivity index (χ1v) is 10.6. The quantitative estimate of drug-likeness (QED) is 0.782. The number of nitrogens with zero attached hydrogens (tertiary/aromatic N) is 4. The van der Waals surface area contributed by atoms with Crippen molar-refractivity contribution in [2.45, 2.75) is 77.4 Å². The zero-order valence-corrected chi connectivity index (χ0v) is 16.4. The van der Waals surface area contributed by atoms with E-state index >= 15 is 0 Å². The molecule has 4 rings (SSSR count). The molecule has 1 amide bonds. The molecule has 0 radical (unpaired) electrons. The summed E-state index contributed by atoms with van der Waals surface area (Å²) in [6.45, 7) is 8.30. The molecule has 144 valence electrons. The SMILES string of the molecule is CC(C)[C@H]1CN(Cc2cncn2C2CCCC2)CCC(=O)N1CC1CC1. The van der Waals surface area contributed by atoms with E-state index in [-0.39, 0.29) is 0 Å². The summed E-state index contributed by atoms with van der Waals surface area (Å²) in [4.78, 5) is 22.0. The van der Waals surface area contributed by atoms with Gasteiger partial charge in [0.2, 0.25) is 5.91 Å². The first-order chi connectivity index (χ1) is 12.6. The van der Waals surface area contributed by atoms with Crippen LogP contribution in [0.1, 0.15) is 70.5 Å². The van der Waals surface area contributed by atoms with Crippen molar-refractivity contribution in [3.63, 3.8) is 0 Å². The first kappa shape index (κ1) is 18.0. The minimum absolute atomic E-state index is 0.341. The molecule has 0 aromatic carbocycles. The van der Waals surface area contributed by atoms with Gasteiger partial charge >= 0.3 is 0 Å². The van der Waals surface area contributed by atoms with Crippen LogP contribution in [0.2, 0.25) is 0 Å². The normalized spacial score (nSPS) is 26.0. The molecule has 1 aromatic rings. The maximum Gasteiger partial charge on any atom is 0.224 e. The molecule has 2 aliphatic carbocycles. The van der Waals surface area contributed by atoms with Crippen molar-refractivity contribution >= 4 is 5.91 Å². The maximum absolute atomic E-state index is 12.8. The fraction of sp³-hybridized carbons (Fsp3) is 0.810. The molecule has 1 saturated heterocycles. The van der Waals surface area contributed by atoms with E-state index in [1.165, 1.54) is 44.2 Å². The molecule has 0 bridgehead atoms. The molecule has 1 atom stereocenters. The zero-order chi connectivity index (χ0) is 18.1. The van der Waals surface area contributed by atoms with Crippen molar-refractivity contribution in [2.75, 3.05) is 19.6 Å². The van der Waals surface area contributed by atoms with Gasteiger partial charge in [-0.2, -0.15) is 0 Å². The van der Waals surface area contributed by atoms with Crippen molar-refractivity contribution in [1.82, 2.24) is 19.4 Å². The lowest BCUT2D eigenvalue weighted by atomic mass is 10.0. The summed E-state index contributed by atoms with van der Waals surface area (Å²) < 4.78 is 2.41. The Balaban J connectivity index is 1.47. The van der Waals surface area contributed by atoms with E-state index in [4.69, 9.17) is 0 Å². The Hall–Kier alpha value is -1.36. The third-order valence-corrected chi connectivity index (χ3v) is 6.58. The predicted octanol–water partition coefficient (Wildman–Crippen LogP) is 3.47. The second-order valence-corrected chi connectivity index (χ2v) is 9.02. The highest BCUT2D eigenvalue weighted by atomic mass is 16.2. The molecule has 5 nitrogen and oxygen atoms in total. The Morgan fingerprint density at radius 1 is 1.19 bits per heavy atom. The lowest BCUT2D eigenvalue weighted by Crippen LogP contribution is -2.47. The van der Waals surface area contributed by atoms with E-state index in [2.05, 4.69) is 33.2 Å². The third kappa shape index (κ3) is 3.98. The van der Waals surface area contributed by atoms with Crippen LogP contribution in [0.25, 0.3) is 0 Å². The molecule has 0 unspecified atom stereocenters. The minimum atomic E-state index is 0.341. The van der Waals surface area contributed by atoms with Crippen LogP contribution in [0, 0.1) is 11.8 Å². The number of amides is 1. The molecule has 3 aliphatic rings. The lowest BCUT2D eigenvalue weighted by Gasteiger charge is -2.35. The van der Waals surface area contributed by atoms with E-state index < -0.39 is 0 Å². The van der Waals surface area contributed by atoms with Gasteiger partial charge in [-0.1, -0.05) is 26.7 Å². The van der Waals surface area contributed by atoms with Gasteiger partial charge in [-0.15, -0.1) is 0 Å². The highest BCUT2D eigenvalue weighted by Gasteiger charge is 2.35. The second kappa shape index (κ2) is 7.71. The van der Waals surface area contributed by atoms with Gasteiger partial charge in [-0.3, -0.25) is 9.69 Å². The summed E-state index contributed by atoms with van der Waals surface area (Å²) in [6.07, 6.45) is 12.6. The van der Waals surface area contributed by atoms with E-state index in [0.29, 0.717) is 30.3 Å². The molecular formula is C21H34N4O. The van der Waals surface area contributed by atoms with Gasteiger partial charge in [0, 0.05) is 50.9 Å². The monoisotopic (exact) mass is 358 g/mol. The molecule has 5 heteroatoms. The van der Waals surface area contributed by atoms with Gasteiger partial charge in [0.25, 0.3) is 0 Å². The molecule has 1 aromatic heterocycles. The maximum atomic E-state index is 12.8. The average Bonchev–Trinajstić information content (AvgIpc) is 3.11. The Kier molecular flexibility index (Phi) is 5.35. The number of rotatable bonds is 6. The van der Waals surface area contributed by atoms with Crippen LogP contribution in [0.15, 0.2) is 12.5 Å². The summed E-state index contributed by atoms with van der Waals surface area (Å²) in [5, 5.41) is 0. The van der Waals surface area contributed by atoms with Gasteiger partial charge in [0.1, 0.15) is 0 Å². The number of carbonyl (C=O) groups is 1. The van der Waals surface area contributed by atoms with E-state index in [1.54, 1.807) is 0 Å². The highest BCUT2D eigenvalue weighted by molar-refractivity contribution is 5.77. The fourth-order valence-electron chi connectivity index (χ4n) is 4.76. The second-order valence-electron chi connectivity index (χ2n) is 9.02. The van der Waals surface area contributed by atoms with Gasteiger partial charge < -0.3 is 9.47 Å². The van der Waals surface area contributed by atoms with Crippen LogP contribution in [-0.4, -0.2) is 50.9 Å². The number of carbonyl (C=O) groups excluding carboxylic acids is 1. The summed E-state index contributed by atoms with van der Waals surface area (Å²) in [7, 11) is 0. The van der Waals surface area contributed by atoms with Gasteiger partial charge in [-0.05, 0) is 37.5 Å². The van der Waals surface area contributed by atoms with E-state index in [0.717, 1.165) is 32.1 Å². The molecule has 0 N–H and O–H groups in total. The van der Waals surface area contributed by atoms with Crippen LogP contribution in [0.4, 0.5) is 0 Å². The Bertz CT molecular complexity index is 615. The number of hydrogen-bond donors (Lipinski definition) is 0. The predicted molar refractivity (Wildman–Crippen MR) is 103 cm³/mol. The van der Waals surface area contributed by atoms with Crippen molar-refractivity contribution in [2.24, 2.45) is 11.8 Å². The molecule has 2 saturated carbocycles. The van der Waals surface area contributed by atoms with Crippen LogP contribution in [0.3, 0.4) is 0 Å². The first-order valence-electron chi connectivity index (χ1n) is 10.6. The van der Waals surface area contributed by atoms with Crippen LogP contribution in [0.5, 0.6) is 0 Å². The van der Waals surface area contributed by atoms with Crippen molar-refractivity contribution in [3.8, 4) is 0 Å². The Morgan fingerprint density at radius 2 is 1.96 bits per heavy atom. The standard InChI is InChI=1S/C21H34N4O/c1-16(2)20-14-23(10-9-21(26)24(20)12-17-7-8-17)13-19-11-22-15-25(19)18-5-3-4-6-18/h11,15-18,20H,3-10,12-14H2,1-2H3/t20-/m1/s1. The molecule has 26 heavy (non-hydrogen) atoms. The molecule has 3 fully saturated rings. The van der Waals surface area contributed by atoms with Crippen LogP contribution >= 0.6 is 0 Å². The van der Waals surface area contributed by atoms with Crippen molar-refractivity contribution in [1.29, 1.82) is 0 Å². The summed E-state index contributed by atoms with van der Waals surface area (Å²) in [6, 6.07) is 0.974. The fourth-order valence-corrected chi connectivity index (χ4v) is 4.76. The van der Waals surface area contributed by atoms with Crippen LogP contribution < -0.4 is 0 Å². The largest absolute Gasteiger partial charge is 0.338 e. The summed E-state index contributed by atoms with van der Waals surface area (Å²) >= 11 is 0. The molecule has 0 spiro atoms. The average molecular weight is 359 g/mol. The van der Waals surface area contributed by atoms with Gasteiger partial charge in [0.05, 0.1) is 12.0 Å². The Morgan fingerprint density at radius 3 is 2.65 bits per heavy atom. The van der Waals surface area contributed by atoms with E-state index in [1.807, 2.05) is 12.5 Å². The van der Waals surface area contributed by atoms with E-state index in [9.17, 15) is 4.79 Å². The smallest absolute Gasteiger partial charge is 0.224 e. The van der Waals surface area contributed by atoms with Crippen molar-refractivity contribution in [3.05, 3.63) is 18.2 Å². The van der Waals surface area contributed by atoms with Gasteiger partial charge in [-0.25, -0.2) is 4.98 Å². The zero-order valence-electron chi connectivity index (χ0n) is 16.4. The van der Waals surface area contributed by atoms with Crippen molar-refractivity contribution < 1.29 is 4.79 Å². The molecule has 1 aliphatic heterocycles. The number of imidazole rings is 1.